The zero-order valence-corrected chi connectivity index (χ0v) is 12.9. The SMILES string of the molecule is O=[N+]([O-])C(CO)(CO)[N+]([O-])=NCCCS(=O)(=O)c1ccccc1. The van der Waals surface area contributed by atoms with Crippen molar-refractivity contribution in [2.75, 3.05) is 25.5 Å². The Kier molecular flexibility index (Phi) is 6.54. The largest absolute Gasteiger partial charge is 0.594 e. The van der Waals surface area contributed by atoms with Crippen molar-refractivity contribution >= 4 is 9.84 Å². The summed E-state index contributed by atoms with van der Waals surface area (Å²) in [5, 5.41) is 43.6. The van der Waals surface area contributed by atoms with Gasteiger partial charge in [0.2, 0.25) is 0 Å². The van der Waals surface area contributed by atoms with Gasteiger partial charge in [0.25, 0.3) is 0 Å². The van der Waals surface area contributed by atoms with E-state index < -0.39 is 33.6 Å². The molecule has 0 aromatic heterocycles. The minimum atomic E-state index is -3.53. The van der Waals surface area contributed by atoms with E-state index in [2.05, 4.69) is 5.11 Å². The van der Waals surface area contributed by atoms with Gasteiger partial charge in [0.15, 0.2) is 23.1 Å². The number of hydrogen-bond acceptors (Lipinski definition) is 8. The summed E-state index contributed by atoms with van der Waals surface area (Å²) in [7, 11) is -3.53. The molecule has 0 radical (unpaired) electrons. The van der Waals surface area contributed by atoms with E-state index in [1.54, 1.807) is 18.2 Å². The summed E-state index contributed by atoms with van der Waals surface area (Å²) in [6.07, 6.45) is -0.0411. The molecule has 0 unspecified atom stereocenters. The van der Waals surface area contributed by atoms with Crippen molar-refractivity contribution in [2.45, 2.75) is 17.0 Å². The number of aliphatic hydroxyl groups excluding tert-OH is 2. The van der Waals surface area contributed by atoms with E-state index in [0.717, 1.165) is 0 Å². The fourth-order valence-corrected chi connectivity index (χ4v) is 2.97. The normalized spacial score (nSPS) is 13.0. The Bertz CT molecular complexity index is 656. The standard InChI is InChI=1S/C12H17N3O7S/c16-9-12(10-17,15(19)20)14(18)13-7-4-8-23(21,22)11-5-2-1-3-6-11/h1-3,5-6,16-17H,4,7-10H2. The van der Waals surface area contributed by atoms with Gasteiger partial charge in [-0.1, -0.05) is 18.2 Å². The first-order valence-corrected chi connectivity index (χ1v) is 8.24. The summed E-state index contributed by atoms with van der Waals surface area (Å²) in [5.41, 5.74) is -2.67. The Morgan fingerprint density at radius 2 is 1.70 bits per heavy atom. The van der Waals surface area contributed by atoms with Gasteiger partial charge < -0.3 is 15.4 Å². The summed E-state index contributed by atoms with van der Waals surface area (Å²) in [6, 6.07) is 7.68. The zero-order valence-electron chi connectivity index (χ0n) is 12.1. The molecule has 0 bridgehead atoms. The van der Waals surface area contributed by atoms with Crippen LogP contribution in [0.25, 0.3) is 0 Å². The van der Waals surface area contributed by atoms with Gasteiger partial charge in [0.05, 0.1) is 10.6 Å². The van der Waals surface area contributed by atoms with E-state index >= 15 is 0 Å². The summed E-state index contributed by atoms with van der Waals surface area (Å²) < 4.78 is 23.9. The molecule has 1 aromatic carbocycles. The number of hydroxylamine groups is 1. The first kappa shape index (κ1) is 18.9. The van der Waals surface area contributed by atoms with Crippen LogP contribution in [0.1, 0.15) is 6.42 Å². The van der Waals surface area contributed by atoms with Crippen molar-refractivity contribution in [3.63, 3.8) is 0 Å². The van der Waals surface area contributed by atoms with Crippen LogP contribution in [0.5, 0.6) is 0 Å². The molecule has 1 aromatic rings. The third kappa shape index (κ3) is 4.43. The van der Waals surface area contributed by atoms with Crippen LogP contribution in [0, 0.1) is 15.3 Å². The van der Waals surface area contributed by atoms with E-state index in [4.69, 9.17) is 10.2 Å². The van der Waals surface area contributed by atoms with Crippen LogP contribution in [-0.2, 0) is 9.84 Å². The van der Waals surface area contributed by atoms with E-state index in [1.807, 2.05) is 0 Å². The Balaban J connectivity index is 2.71. The Hall–Kier alpha value is -2.11. The molecule has 2 N–H and O–H groups in total. The summed E-state index contributed by atoms with van der Waals surface area (Å²) in [6.45, 7) is -2.76. The van der Waals surface area contributed by atoms with Crippen LogP contribution >= 0.6 is 0 Å². The maximum atomic E-state index is 12.0. The van der Waals surface area contributed by atoms with Gasteiger partial charge in [-0.25, -0.2) is 8.42 Å². The fraction of sp³-hybridized carbons (Fsp3) is 0.500. The highest BCUT2D eigenvalue weighted by Crippen LogP contribution is 2.13. The van der Waals surface area contributed by atoms with E-state index in [0.29, 0.717) is 0 Å². The lowest BCUT2D eigenvalue weighted by Gasteiger charge is -2.16. The molecule has 0 saturated carbocycles. The lowest BCUT2D eigenvalue weighted by molar-refractivity contribution is -0.819. The fourth-order valence-electron chi connectivity index (χ4n) is 1.65. The lowest BCUT2D eigenvalue weighted by atomic mass is 10.2. The lowest BCUT2D eigenvalue weighted by Crippen LogP contribution is -2.53. The van der Waals surface area contributed by atoms with Gasteiger partial charge in [0.1, 0.15) is 11.5 Å². The second-order valence-electron chi connectivity index (χ2n) is 4.68. The highest BCUT2D eigenvalue weighted by Gasteiger charge is 2.53. The second-order valence-corrected chi connectivity index (χ2v) is 6.79. The molecular formula is C12H17N3O7S. The van der Waals surface area contributed by atoms with E-state index in [1.165, 1.54) is 12.1 Å². The average Bonchev–Trinajstić information content (AvgIpc) is 2.54. The van der Waals surface area contributed by atoms with E-state index in [-0.39, 0.29) is 28.5 Å². The molecule has 11 heteroatoms. The number of nitrogens with zero attached hydrogens (tertiary/aromatic N) is 3. The van der Waals surface area contributed by atoms with Crippen LogP contribution in [0.4, 0.5) is 0 Å². The predicted molar refractivity (Wildman–Crippen MR) is 77.9 cm³/mol. The molecule has 1 rings (SSSR count). The average molecular weight is 347 g/mol. The molecule has 128 valence electrons. The van der Waals surface area contributed by atoms with Crippen molar-refractivity contribution < 1.29 is 28.4 Å². The van der Waals surface area contributed by atoms with Crippen LogP contribution in [-0.4, -0.2) is 59.6 Å². The number of rotatable bonds is 9. The first-order chi connectivity index (χ1) is 10.8. The third-order valence-electron chi connectivity index (χ3n) is 3.10. The first-order valence-electron chi connectivity index (χ1n) is 6.59. The molecule has 10 nitrogen and oxygen atoms in total. The Morgan fingerprint density at radius 3 is 2.17 bits per heavy atom. The van der Waals surface area contributed by atoms with Gasteiger partial charge in [-0.2, -0.15) is 0 Å². The highest BCUT2D eigenvalue weighted by molar-refractivity contribution is 7.91. The maximum absolute atomic E-state index is 12.0. The van der Waals surface area contributed by atoms with Crippen LogP contribution in [0.15, 0.2) is 40.3 Å². The van der Waals surface area contributed by atoms with Crippen LogP contribution < -0.4 is 0 Å². The highest BCUT2D eigenvalue weighted by atomic mass is 32.2. The number of sulfone groups is 1. The molecule has 0 aliphatic heterocycles. The molecule has 0 saturated heterocycles. The molecular weight excluding hydrogens is 330 g/mol. The molecule has 23 heavy (non-hydrogen) atoms. The maximum Gasteiger partial charge on any atom is 0.483 e. The minimum Gasteiger partial charge on any atom is -0.594 e. The van der Waals surface area contributed by atoms with Gasteiger partial charge in [0, 0.05) is 0 Å². The molecule has 0 aliphatic carbocycles. The van der Waals surface area contributed by atoms with Crippen molar-refractivity contribution in [2.24, 2.45) is 5.11 Å². The smallest absolute Gasteiger partial charge is 0.483 e. The molecule has 0 heterocycles. The number of benzene rings is 1. The second kappa shape index (κ2) is 7.94. The Labute approximate surface area is 132 Å². The summed E-state index contributed by atoms with van der Waals surface area (Å²) >= 11 is 0. The minimum absolute atomic E-state index is 0.0411. The quantitative estimate of drug-likeness (QED) is 0.156. The monoisotopic (exact) mass is 347 g/mol. The summed E-state index contributed by atoms with van der Waals surface area (Å²) in [5.74, 6) is -0.294. The van der Waals surface area contributed by atoms with Crippen LogP contribution in [0.3, 0.4) is 0 Å². The zero-order chi connectivity index (χ0) is 17.5. The molecule has 0 aliphatic rings. The number of hydrogen-bond donors (Lipinski definition) is 2. The molecule has 0 amide bonds. The van der Waals surface area contributed by atoms with Gasteiger partial charge in [-0.15, -0.1) is 0 Å². The van der Waals surface area contributed by atoms with Crippen molar-refractivity contribution in [3.8, 4) is 0 Å². The van der Waals surface area contributed by atoms with E-state index in [9.17, 15) is 23.7 Å². The third-order valence-corrected chi connectivity index (χ3v) is 4.92. The predicted octanol–water partition coefficient (Wildman–Crippen LogP) is -0.229. The van der Waals surface area contributed by atoms with Gasteiger partial charge >= 0.3 is 5.66 Å². The summed E-state index contributed by atoms with van der Waals surface area (Å²) in [4.78, 5) is 9.40. The van der Waals surface area contributed by atoms with Crippen LogP contribution in [0.2, 0.25) is 0 Å². The number of nitro groups is 1. The molecule has 0 fully saturated rings. The van der Waals surface area contributed by atoms with Crippen molar-refractivity contribution in [1.82, 2.24) is 0 Å². The van der Waals surface area contributed by atoms with Crippen molar-refractivity contribution in [3.05, 3.63) is 45.7 Å². The van der Waals surface area contributed by atoms with Crippen molar-refractivity contribution in [1.29, 1.82) is 0 Å². The molecule has 0 atom stereocenters. The van der Waals surface area contributed by atoms with Gasteiger partial charge in [-0.3, -0.25) is 10.1 Å². The number of azo groups is 1. The topological polar surface area (TPSA) is 156 Å². The number of aliphatic hydroxyl groups is 2. The molecule has 0 spiro atoms. The van der Waals surface area contributed by atoms with Gasteiger partial charge in [-0.05, 0) is 28.5 Å². The Morgan fingerprint density at radius 1 is 1.13 bits per heavy atom.